The molecule has 5 atom stereocenters. The van der Waals surface area contributed by atoms with E-state index >= 15 is 0 Å². The number of hydrogen-bond donors (Lipinski definition) is 5. The molecule has 0 bridgehead atoms. The number of aliphatic hydroxyl groups is 1. The van der Waals surface area contributed by atoms with Gasteiger partial charge >= 0.3 is 5.97 Å². The van der Waals surface area contributed by atoms with Gasteiger partial charge in [-0.05, 0) is 12.3 Å². The van der Waals surface area contributed by atoms with Crippen LogP contribution in [0.25, 0.3) is 0 Å². The standard InChI is InChI=1S/C15H28N4O4.3H2O/c1-4-8(5-2)12(18-7(3)20)11-10(19-15(16)17)6-9(13(11)21)14(22)23;;;/h8-13,21H,4-6H2,1-3H3,(H,18,20)(H,22,23)(H4,16,17,19);3*1H2/t9-,10?,11+,12?,13?;;;/m0.../s1. The van der Waals surface area contributed by atoms with Gasteiger partial charge in [0, 0.05) is 18.9 Å². The number of nitrogens with two attached hydrogens (primary N) is 2. The predicted octanol–water partition coefficient (Wildman–Crippen LogP) is -2.82. The molecule has 0 aliphatic heterocycles. The second kappa shape index (κ2) is 12.4. The molecular weight excluding hydrogens is 348 g/mol. The molecule has 0 aromatic heterocycles. The maximum Gasteiger partial charge on any atom is 0.309 e. The van der Waals surface area contributed by atoms with Crippen molar-refractivity contribution in [3.05, 3.63) is 0 Å². The Labute approximate surface area is 152 Å². The van der Waals surface area contributed by atoms with Gasteiger partial charge in [0.25, 0.3) is 0 Å². The van der Waals surface area contributed by atoms with Crippen molar-refractivity contribution in [1.29, 1.82) is 0 Å². The molecule has 0 heterocycles. The first kappa shape index (κ1) is 28.8. The highest BCUT2D eigenvalue weighted by Gasteiger charge is 2.50. The van der Waals surface area contributed by atoms with Crippen LogP contribution in [0, 0.1) is 17.8 Å². The molecule has 11 nitrogen and oxygen atoms in total. The van der Waals surface area contributed by atoms with Crippen molar-refractivity contribution in [2.24, 2.45) is 34.2 Å². The fourth-order valence-corrected chi connectivity index (χ4v) is 3.64. The largest absolute Gasteiger partial charge is 0.481 e. The average molecular weight is 382 g/mol. The van der Waals surface area contributed by atoms with Crippen LogP contribution in [0.3, 0.4) is 0 Å². The summed E-state index contributed by atoms with van der Waals surface area (Å²) in [5, 5.41) is 22.7. The lowest BCUT2D eigenvalue weighted by Crippen LogP contribution is -2.51. The maximum absolute atomic E-state index is 11.6. The molecule has 1 fully saturated rings. The minimum absolute atomic E-state index is 0. The SMILES string of the molecule is CCC(CC)C(NC(C)=O)[C@H]1C(N=C(N)N)C[C@H](C(=O)O)C1O.O.O.O. The van der Waals surface area contributed by atoms with Gasteiger partial charge in [-0.2, -0.15) is 0 Å². The molecule has 26 heavy (non-hydrogen) atoms. The van der Waals surface area contributed by atoms with Gasteiger partial charge in [-0.3, -0.25) is 9.59 Å². The lowest BCUT2D eigenvalue weighted by atomic mass is 9.80. The minimum atomic E-state index is -1.11. The molecule has 0 aromatic carbocycles. The van der Waals surface area contributed by atoms with E-state index in [0.717, 1.165) is 12.8 Å². The summed E-state index contributed by atoms with van der Waals surface area (Å²) in [6.45, 7) is 5.39. The molecule has 13 N–H and O–H groups in total. The number of amides is 1. The number of nitrogens with one attached hydrogen (secondary N) is 1. The van der Waals surface area contributed by atoms with E-state index in [0.29, 0.717) is 0 Å². The molecule has 1 aliphatic carbocycles. The number of nitrogens with zero attached hydrogens (tertiary/aromatic N) is 1. The lowest BCUT2D eigenvalue weighted by molar-refractivity contribution is -0.145. The van der Waals surface area contributed by atoms with Gasteiger partial charge in [0.1, 0.15) is 0 Å². The number of carboxylic acids is 1. The molecule has 3 unspecified atom stereocenters. The molecule has 1 aliphatic rings. The van der Waals surface area contributed by atoms with Crippen LogP contribution in [-0.2, 0) is 9.59 Å². The smallest absolute Gasteiger partial charge is 0.309 e. The van der Waals surface area contributed by atoms with E-state index in [1.807, 2.05) is 13.8 Å². The van der Waals surface area contributed by atoms with Crippen LogP contribution >= 0.6 is 0 Å². The van der Waals surface area contributed by atoms with Crippen molar-refractivity contribution in [2.45, 2.75) is 58.2 Å². The van der Waals surface area contributed by atoms with Crippen LogP contribution in [0.15, 0.2) is 4.99 Å². The first-order valence-corrected chi connectivity index (χ1v) is 7.99. The molecule has 0 spiro atoms. The number of aliphatic imine (C=N–C) groups is 1. The van der Waals surface area contributed by atoms with Gasteiger partial charge < -0.3 is 43.4 Å². The van der Waals surface area contributed by atoms with Crippen LogP contribution in [0.5, 0.6) is 0 Å². The molecule has 1 rings (SSSR count). The number of aliphatic carboxylic acids is 1. The Balaban J connectivity index is -0.00000176. The van der Waals surface area contributed by atoms with E-state index in [9.17, 15) is 19.8 Å². The molecule has 0 aromatic rings. The van der Waals surface area contributed by atoms with Crippen molar-refractivity contribution in [2.75, 3.05) is 0 Å². The predicted molar refractivity (Wildman–Crippen MR) is 97.4 cm³/mol. The zero-order valence-electron chi connectivity index (χ0n) is 15.4. The number of carbonyl (C=O) groups excluding carboxylic acids is 1. The Bertz CT molecular complexity index is 467. The molecule has 1 amide bonds. The monoisotopic (exact) mass is 382 g/mol. The second-order valence-corrected chi connectivity index (χ2v) is 6.17. The number of guanidine groups is 1. The van der Waals surface area contributed by atoms with Gasteiger partial charge in [0.05, 0.1) is 18.1 Å². The number of aliphatic hydroxyl groups excluding tert-OH is 1. The van der Waals surface area contributed by atoms with Crippen molar-refractivity contribution in [3.8, 4) is 0 Å². The lowest BCUT2D eigenvalue weighted by Gasteiger charge is -2.35. The number of hydrogen-bond acceptors (Lipinski definition) is 4. The zero-order chi connectivity index (χ0) is 17.7. The molecule has 1 saturated carbocycles. The van der Waals surface area contributed by atoms with Gasteiger partial charge in [-0.15, -0.1) is 0 Å². The summed E-state index contributed by atoms with van der Waals surface area (Å²) >= 11 is 0. The summed E-state index contributed by atoms with van der Waals surface area (Å²) in [6, 6.07) is -0.913. The normalized spacial score (nSPS) is 25.1. The third-order valence-electron chi connectivity index (χ3n) is 4.72. The van der Waals surface area contributed by atoms with E-state index in [-0.39, 0.29) is 46.7 Å². The molecular formula is C15H34N4O7. The minimum Gasteiger partial charge on any atom is -0.481 e. The van der Waals surface area contributed by atoms with Crippen LogP contribution in [0.2, 0.25) is 0 Å². The molecule has 11 heteroatoms. The Hall–Kier alpha value is -1.95. The van der Waals surface area contributed by atoms with E-state index in [4.69, 9.17) is 11.5 Å². The number of rotatable bonds is 7. The van der Waals surface area contributed by atoms with Crippen LogP contribution in [0.1, 0.15) is 40.0 Å². The van der Waals surface area contributed by atoms with Crippen molar-refractivity contribution in [1.82, 2.24) is 5.32 Å². The highest BCUT2D eigenvalue weighted by atomic mass is 16.4. The van der Waals surface area contributed by atoms with E-state index in [1.54, 1.807) is 0 Å². The highest BCUT2D eigenvalue weighted by Crippen LogP contribution is 2.39. The van der Waals surface area contributed by atoms with Crippen LogP contribution in [0.4, 0.5) is 0 Å². The quantitative estimate of drug-likeness (QED) is 0.229. The summed E-state index contributed by atoms with van der Waals surface area (Å²) < 4.78 is 0. The van der Waals surface area contributed by atoms with Crippen molar-refractivity contribution >= 4 is 17.8 Å². The van der Waals surface area contributed by atoms with Crippen LogP contribution in [-0.4, -0.2) is 62.7 Å². The van der Waals surface area contributed by atoms with Crippen molar-refractivity contribution < 1.29 is 36.2 Å². The van der Waals surface area contributed by atoms with Gasteiger partial charge in [0.2, 0.25) is 5.91 Å². The summed E-state index contributed by atoms with van der Waals surface area (Å²) in [5.41, 5.74) is 10.9. The van der Waals surface area contributed by atoms with Crippen molar-refractivity contribution in [3.63, 3.8) is 0 Å². The second-order valence-electron chi connectivity index (χ2n) is 6.17. The summed E-state index contributed by atoms with van der Waals surface area (Å²) in [4.78, 5) is 27.1. The Kier molecular flexibility index (Phi) is 13.8. The molecule has 0 radical (unpaired) electrons. The number of carboxylic acid groups (broad SMARTS) is 1. The highest BCUT2D eigenvalue weighted by molar-refractivity contribution is 5.76. The topological polar surface area (TPSA) is 246 Å². The Morgan fingerprint density at radius 2 is 1.69 bits per heavy atom. The van der Waals surface area contributed by atoms with Crippen LogP contribution < -0.4 is 16.8 Å². The summed E-state index contributed by atoms with van der Waals surface area (Å²) in [6.07, 6.45) is 0.612. The Morgan fingerprint density at radius 1 is 1.19 bits per heavy atom. The third kappa shape index (κ3) is 6.75. The summed E-state index contributed by atoms with van der Waals surface area (Å²) in [5.74, 6) is -2.84. The molecule has 0 saturated heterocycles. The fourth-order valence-electron chi connectivity index (χ4n) is 3.64. The van der Waals surface area contributed by atoms with Gasteiger partial charge in [-0.1, -0.05) is 26.7 Å². The van der Waals surface area contributed by atoms with Gasteiger partial charge in [0.15, 0.2) is 5.96 Å². The molecule has 156 valence electrons. The maximum atomic E-state index is 11.6. The van der Waals surface area contributed by atoms with E-state index in [1.165, 1.54) is 6.92 Å². The third-order valence-corrected chi connectivity index (χ3v) is 4.72. The van der Waals surface area contributed by atoms with E-state index < -0.39 is 30.0 Å². The average Bonchev–Trinajstić information content (AvgIpc) is 2.74. The number of carbonyl (C=O) groups is 2. The van der Waals surface area contributed by atoms with Gasteiger partial charge in [-0.25, -0.2) is 4.99 Å². The fraction of sp³-hybridized carbons (Fsp3) is 0.800. The zero-order valence-corrected chi connectivity index (χ0v) is 15.4. The Morgan fingerprint density at radius 3 is 2.04 bits per heavy atom. The summed E-state index contributed by atoms with van der Waals surface area (Å²) in [7, 11) is 0. The first-order valence-electron chi connectivity index (χ1n) is 7.99. The first-order chi connectivity index (χ1) is 10.7. The van der Waals surface area contributed by atoms with E-state index in [2.05, 4.69) is 10.3 Å².